The van der Waals surface area contributed by atoms with Crippen LogP contribution in [0.15, 0.2) is 17.0 Å². The standard InChI is InChI=1S/C12H17NOS/c1-7-4-10-11(5-8(7)2)15-12(6-14)9(3)13-10/h4-5,9,12-14H,6H2,1-3H3. The lowest BCUT2D eigenvalue weighted by Crippen LogP contribution is -2.34. The van der Waals surface area contributed by atoms with Gasteiger partial charge in [0.1, 0.15) is 0 Å². The van der Waals surface area contributed by atoms with Gasteiger partial charge in [-0.25, -0.2) is 0 Å². The molecule has 1 aliphatic heterocycles. The van der Waals surface area contributed by atoms with Gasteiger partial charge in [-0.15, -0.1) is 11.8 Å². The molecule has 0 bridgehead atoms. The van der Waals surface area contributed by atoms with E-state index < -0.39 is 0 Å². The molecule has 15 heavy (non-hydrogen) atoms. The molecule has 1 aliphatic rings. The molecule has 2 nitrogen and oxygen atoms in total. The zero-order chi connectivity index (χ0) is 11.0. The summed E-state index contributed by atoms with van der Waals surface area (Å²) in [7, 11) is 0. The Labute approximate surface area is 95.1 Å². The van der Waals surface area contributed by atoms with Crippen LogP contribution in [-0.2, 0) is 0 Å². The highest BCUT2D eigenvalue weighted by Gasteiger charge is 2.25. The van der Waals surface area contributed by atoms with Crippen molar-refractivity contribution in [2.24, 2.45) is 0 Å². The molecule has 2 N–H and O–H groups in total. The van der Waals surface area contributed by atoms with Crippen LogP contribution in [0.5, 0.6) is 0 Å². The Bertz CT molecular complexity index is 378. The summed E-state index contributed by atoms with van der Waals surface area (Å²) in [4.78, 5) is 1.26. The van der Waals surface area contributed by atoms with Gasteiger partial charge >= 0.3 is 0 Å². The molecule has 1 heterocycles. The molecule has 0 amide bonds. The number of hydrogen-bond acceptors (Lipinski definition) is 3. The van der Waals surface area contributed by atoms with Gasteiger partial charge in [0.15, 0.2) is 0 Å². The van der Waals surface area contributed by atoms with Crippen LogP contribution in [0, 0.1) is 13.8 Å². The second-order valence-electron chi connectivity index (χ2n) is 4.20. The number of aryl methyl sites for hydroxylation is 2. The molecule has 2 atom stereocenters. The third-order valence-corrected chi connectivity index (χ3v) is 4.45. The molecule has 3 heteroatoms. The van der Waals surface area contributed by atoms with Crippen molar-refractivity contribution in [2.75, 3.05) is 11.9 Å². The zero-order valence-corrected chi connectivity index (χ0v) is 10.2. The van der Waals surface area contributed by atoms with E-state index in [9.17, 15) is 5.11 Å². The maximum atomic E-state index is 9.25. The lowest BCUT2D eigenvalue weighted by atomic mass is 10.1. The first-order valence-corrected chi connectivity index (χ1v) is 6.15. The summed E-state index contributed by atoms with van der Waals surface area (Å²) in [6, 6.07) is 4.73. The van der Waals surface area contributed by atoms with E-state index in [4.69, 9.17) is 0 Å². The van der Waals surface area contributed by atoms with E-state index in [0.29, 0.717) is 6.04 Å². The van der Waals surface area contributed by atoms with Crippen LogP contribution in [0.3, 0.4) is 0 Å². The van der Waals surface area contributed by atoms with E-state index in [1.54, 1.807) is 11.8 Å². The maximum absolute atomic E-state index is 9.25. The van der Waals surface area contributed by atoms with Crippen molar-refractivity contribution in [3.05, 3.63) is 23.3 Å². The number of aliphatic hydroxyl groups is 1. The highest BCUT2D eigenvalue weighted by Crippen LogP contribution is 2.38. The number of aliphatic hydroxyl groups excluding tert-OH is 1. The van der Waals surface area contributed by atoms with Crippen molar-refractivity contribution in [3.63, 3.8) is 0 Å². The van der Waals surface area contributed by atoms with Crippen LogP contribution in [-0.4, -0.2) is 23.0 Å². The third kappa shape index (κ3) is 1.99. The van der Waals surface area contributed by atoms with E-state index in [2.05, 4.69) is 38.2 Å². The molecular formula is C12H17NOS. The third-order valence-electron chi connectivity index (χ3n) is 3.00. The molecule has 2 unspecified atom stereocenters. The van der Waals surface area contributed by atoms with Crippen LogP contribution in [0.1, 0.15) is 18.1 Å². The normalized spacial score (nSPS) is 24.5. The lowest BCUT2D eigenvalue weighted by Gasteiger charge is -2.31. The highest BCUT2D eigenvalue weighted by molar-refractivity contribution is 8.00. The first-order chi connectivity index (χ1) is 7.11. The lowest BCUT2D eigenvalue weighted by molar-refractivity contribution is 0.287. The van der Waals surface area contributed by atoms with Gasteiger partial charge in [0.2, 0.25) is 0 Å². The number of hydrogen-bond donors (Lipinski definition) is 2. The second-order valence-corrected chi connectivity index (χ2v) is 5.49. The zero-order valence-electron chi connectivity index (χ0n) is 9.37. The molecule has 0 saturated heterocycles. The Balaban J connectivity index is 2.37. The van der Waals surface area contributed by atoms with Crippen LogP contribution in [0.2, 0.25) is 0 Å². The van der Waals surface area contributed by atoms with Gasteiger partial charge in [-0.3, -0.25) is 0 Å². The average Bonchev–Trinajstić information content (AvgIpc) is 2.20. The predicted molar refractivity (Wildman–Crippen MR) is 65.7 cm³/mol. The van der Waals surface area contributed by atoms with Crippen LogP contribution < -0.4 is 5.32 Å². The molecule has 0 fully saturated rings. The van der Waals surface area contributed by atoms with Crippen molar-refractivity contribution in [2.45, 2.75) is 37.0 Å². The smallest absolute Gasteiger partial charge is 0.0573 e. The Morgan fingerprint density at radius 3 is 2.67 bits per heavy atom. The second kappa shape index (κ2) is 4.06. The van der Waals surface area contributed by atoms with E-state index in [1.165, 1.54) is 21.7 Å². The first-order valence-electron chi connectivity index (χ1n) is 5.27. The van der Waals surface area contributed by atoms with Crippen molar-refractivity contribution >= 4 is 17.4 Å². The monoisotopic (exact) mass is 223 g/mol. The number of thioether (sulfide) groups is 1. The maximum Gasteiger partial charge on any atom is 0.0573 e. The summed E-state index contributed by atoms with van der Waals surface area (Å²) < 4.78 is 0. The Morgan fingerprint density at radius 1 is 1.33 bits per heavy atom. The van der Waals surface area contributed by atoms with Gasteiger partial charge in [0, 0.05) is 16.6 Å². The number of fused-ring (bicyclic) bond motifs is 1. The summed E-state index contributed by atoms with van der Waals surface area (Å²) >= 11 is 1.78. The van der Waals surface area contributed by atoms with Crippen molar-refractivity contribution < 1.29 is 5.11 Å². The molecule has 0 aliphatic carbocycles. The fraction of sp³-hybridized carbons (Fsp3) is 0.500. The van der Waals surface area contributed by atoms with Crippen LogP contribution in [0.25, 0.3) is 0 Å². The average molecular weight is 223 g/mol. The van der Waals surface area contributed by atoms with Crippen molar-refractivity contribution in [3.8, 4) is 0 Å². The first kappa shape index (κ1) is 10.8. The minimum atomic E-state index is 0.227. The molecule has 1 aromatic rings. The topological polar surface area (TPSA) is 32.3 Å². The van der Waals surface area contributed by atoms with E-state index in [0.717, 1.165) is 0 Å². The summed E-state index contributed by atoms with van der Waals surface area (Å²) in [5, 5.41) is 13.0. The largest absolute Gasteiger partial charge is 0.395 e. The van der Waals surface area contributed by atoms with E-state index in [-0.39, 0.29) is 11.9 Å². The minimum Gasteiger partial charge on any atom is -0.395 e. The van der Waals surface area contributed by atoms with Gasteiger partial charge in [-0.2, -0.15) is 0 Å². The number of rotatable bonds is 1. The molecule has 0 aromatic heterocycles. The minimum absolute atomic E-state index is 0.227. The molecule has 1 aromatic carbocycles. The summed E-state index contributed by atoms with van der Waals surface area (Å²) in [5.74, 6) is 0. The summed E-state index contributed by atoms with van der Waals surface area (Å²) in [6.07, 6.45) is 0. The SMILES string of the molecule is Cc1cc2c(cc1C)SC(CO)C(C)N2. The molecular weight excluding hydrogens is 206 g/mol. The Kier molecular flexibility index (Phi) is 2.94. The van der Waals surface area contributed by atoms with E-state index in [1.807, 2.05) is 0 Å². The summed E-state index contributed by atoms with van der Waals surface area (Å²) in [6.45, 7) is 6.60. The summed E-state index contributed by atoms with van der Waals surface area (Å²) in [5.41, 5.74) is 3.84. The predicted octanol–water partition coefficient (Wildman–Crippen LogP) is 2.57. The van der Waals surface area contributed by atoms with Crippen LogP contribution >= 0.6 is 11.8 Å². The highest BCUT2D eigenvalue weighted by atomic mass is 32.2. The Morgan fingerprint density at radius 2 is 2.00 bits per heavy atom. The fourth-order valence-electron chi connectivity index (χ4n) is 1.80. The van der Waals surface area contributed by atoms with Gasteiger partial charge < -0.3 is 10.4 Å². The van der Waals surface area contributed by atoms with E-state index >= 15 is 0 Å². The molecule has 2 rings (SSSR count). The Hall–Kier alpha value is -0.670. The van der Waals surface area contributed by atoms with Crippen molar-refractivity contribution in [1.29, 1.82) is 0 Å². The fourth-order valence-corrected chi connectivity index (χ4v) is 2.96. The van der Waals surface area contributed by atoms with Crippen LogP contribution in [0.4, 0.5) is 5.69 Å². The van der Waals surface area contributed by atoms with Gasteiger partial charge in [-0.1, -0.05) is 0 Å². The quantitative estimate of drug-likeness (QED) is 0.767. The number of nitrogens with one attached hydrogen (secondary N) is 1. The van der Waals surface area contributed by atoms with Gasteiger partial charge in [0.25, 0.3) is 0 Å². The number of benzene rings is 1. The van der Waals surface area contributed by atoms with Gasteiger partial charge in [0.05, 0.1) is 11.9 Å². The molecule has 82 valence electrons. The molecule has 0 saturated carbocycles. The van der Waals surface area contributed by atoms with Gasteiger partial charge in [-0.05, 0) is 44.0 Å². The molecule has 0 radical (unpaired) electrons. The number of anilines is 1. The molecule has 0 spiro atoms. The van der Waals surface area contributed by atoms with Crippen molar-refractivity contribution in [1.82, 2.24) is 0 Å².